The fourth-order valence-corrected chi connectivity index (χ4v) is 2.29. The second-order valence-electron chi connectivity index (χ2n) is 5.40. The zero-order valence-corrected chi connectivity index (χ0v) is 13.7. The number of ether oxygens (including phenoxy) is 1. The maximum absolute atomic E-state index is 12.4. The lowest BCUT2D eigenvalue weighted by Crippen LogP contribution is -2.18. The van der Waals surface area contributed by atoms with Crippen molar-refractivity contribution in [2.24, 2.45) is 0 Å². The molecule has 128 valence electrons. The van der Waals surface area contributed by atoms with Crippen LogP contribution in [0.4, 0.5) is 5.69 Å². The van der Waals surface area contributed by atoms with Crippen molar-refractivity contribution >= 4 is 17.6 Å². The predicted molar refractivity (Wildman–Crippen MR) is 98.5 cm³/mol. The van der Waals surface area contributed by atoms with Crippen molar-refractivity contribution in [3.63, 3.8) is 0 Å². The molecular weight excluding hydrogens is 330 g/mol. The third-order valence-electron chi connectivity index (χ3n) is 3.58. The first-order valence-corrected chi connectivity index (χ1v) is 7.92. The van der Waals surface area contributed by atoms with E-state index < -0.39 is 17.3 Å². The van der Waals surface area contributed by atoms with E-state index in [1.54, 1.807) is 66.7 Å². The van der Waals surface area contributed by atoms with Gasteiger partial charge in [0.05, 0.1) is 11.3 Å². The molecule has 26 heavy (non-hydrogen) atoms. The van der Waals surface area contributed by atoms with Gasteiger partial charge in [-0.2, -0.15) is 0 Å². The van der Waals surface area contributed by atoms with Crippen molar-refractivity contribution < 1.29 is 14.3 Å². The summed E-state index contributed by atoms with van der Waals surface area (Å²) in [5.41, 5.74) is 0.339. The lowest BCUT2D eigenvalue weighted by molar-refractivity contribution is 0.0733. The topological polar surface area (TPSA) is 72.5 Å². The van der Waals surface area contributed by atoms with E-state index in [0.29, 0.717) is 11.1 Å². The summed E-state index contributed by atoms with van der Waals surface area (Å²) < 4.78 is 5.29. The Morgan fingerprint density at radius 1 is 0.692 bits per heavy atom. The standard InChI is InChI=1S/C21H15NO4/c23-18-14-8-7-13-17(22-20(24)15-9-3-1-4-10-15)19(18)26-21(25)16-11-5-2-6-12-16/h1-14H,(H,22,24). The molecule has 5 nitrogen and oxygen atoms in total. The first-order valence-electron chi connectivity index (χ1n) is 7.92. The van der Waals surface area contributed by atoms with Crippen LogP contribution in [0.3, 0.4) is 0 Å². The van der Waals surface area contributed by atoms with E-state index in [1.807, 2.05) is 0 Å². The molecule has 5 heteroatoms. The van der Waals surface area contributed by atoms with Crippen molar-refractivity contribution in [2.75, 3.05) is 5.32 Å². The molecule has 0 atom stereocenters. The summed E-state index contributed by atoms with van der Waals surface area (Å²) in [7, 11) is 0. The highest BCUT2D eigenvalue weighted by Crippen LogP contribution is 2.21. The Morgan fingerprint density at radius 2 is 1.23 bits per heavy atom. The van der Waals surface area contributed by atoms with Crippen LogP contribution in [0.1, 0.15) is 20.7 Å². The minimum Gasteiger partial charge on any atom is -0.416 e. The largest absolute Gasteiger partial charge is 0.416 e. The molecule has 0 fully saturated rings. The van der Waals surface area contributed by atoms with Gasteiger partial charge in [-0.1, -0.05) is 48.5 Å². The Bertz CT molecular complexity index is 985. The first-order chi connectivity index (χ1) is 12.6. The van der Waals surface area contributed by atoms with Gasteiger partial charge >= 0.3 is 5.97 Å². The van der Waals surface area contributed by atoms with Gasteiger partial charge < -0.3 is 10.1 Å². The SMILES string of the molecule is O=C(Nc1ccccc(=O)c1OC(=O)c1ccccc1)c1ccccc1. The summed E-state index contributed by atoms with van der Waals surface area (Å²) in [5.74, 6) is -1.31. The Hall–Kier alpha value is -3.73. The van der Waals surface area contributed by atoms with Gasteiger partial charge in [-0.3, -0.25) is 9.59 Å². The molecule has 0 aliphatic rings. The van der Waals surface area contributed by atoms with E-state index in [9.17, 15) is 14.4 Å². The predicted octanol–water partition coefficient (Wildman–Crippen LogP) is 3.52. The third kappa shape index (κ3) is 4.02. The highest BCUT2D eigenvalue weighted by Gasteiger charge is 2.16. The van der Waals surface area contributed by atoms with E-state index in [4.69, 9.17) is 4.74 Å². The van der Waals surface area contributed by atoms with Crippen LogP contribution in [0, 0.1) is 0 Å². The zero-order valence-electron chi connectivity index (χ0n) is 13.7. The van der Waals surface area contributed by atoms with E-state index >= 15 is 0 Å². The average molecular weight is 345 g/mol. The van der Waals surface area contributed by atoms with Gasteiger partial charge in [-0.25, -0.2) is 4.79 Å². The normalized spacial score (nSPS) is 10.0. The van der Waals surface area contributed by atoms with Crippen molar-refractivity contribution in [3.05, 3.63) is 106 Å². The molecule has 3 aromatic rings. The van der Waals surface area contributed by atoms with E-state index in [1.165, 1.54) is 18.2 Å². The molecule has 0 radical (unpaired) electrons. The lowest BCUT2D eigenvalue weighted by Gasteiger charge is -2.09. The van der Waals surface area contributed by atoms with Crippen LogP contribution in [-0.4, -0.2) is 11.9 Å². The molecule has 0 spiro atoms. The molecule has 1 N–H and O–H groups in total. The minimum atomic E-state index is -0.677. The summed E-state index contributed by atoms with van der Waals surface area (Å²) in [4.78, 5) is 37.0. The Kier molecular flexibility index (Phi) is 5.19. The van der Waals surface area contributed by atoms with Crippen molar-refractivity contribution in [1.82, 2.24) is 0 Å². The highest BCUT2D eigenvalue weighted by atomic mass is 16.5. The highest BCUT2D eigenvalue weighted by molar-refractivity contribution is 6.05. The Labute approximate surface area is 149 Å². The molecular formula is C21H15NO4. The third-order valence-corrected chi connectivity index (χ3v) is 3.58. The van der Waals surface area contributed by atoms with E-state index in [0.717, 1.165) is 0 Å². The van der Waals surface area contributed by atoms with Crippen LogP contribution >= 0.6 is 0 Å². The number of hydrogen-bond acceptors (Lipinski definition) is 4. The van der Waals surface area contributed by atoms with Crippen molar-refractivity contribution in [2.45, 2.75) is 0 Å². The van der Waals surface area contributed by atoms with Gasteiger partial charge in [-0.15, -0.1) is 0 Å². The summed E-state index contributed by atoms with van der Waals surface area (Å²) in [6, 6.07) is 22.7. The summed E-state index contributed by atoms with van der Waals surface area (Å²) in [6.07, 6.45) is 0. The Morgan fingerprint density at radius 3 is 1.88 bits per heavy atom. The van der Waals surface area contributed by atoms with Gasteiger partial charge in [0.25, 0.3) is 5.91 Å². The number of nitrogens with one attached hydrogen (secondary N) is 1. The molecule has 0 saturated heterocycles. The van der Waals surface area contributed by atoms with Crippen LogP contribution < -0.4 is 15.5 Å². The second-order valence-corrected chi connectivity index (χ2v) is 5.40. The quantitative estimate of drug-likeness (QED) is 0.735. The van der Waals surface area contributed by atoms with Gasteiger partial charge in [0.2, 0.25) is 11.2 Å². The monoisotopic (exact) mass is 345 g/mol. The Balaban J connectivity index is 1.93. The number of rotatable bonds is 4. The maximum Gasteiger partial charge on any atom is 0.343 e. The van der Waals surface area contributed by atoms with Crippen LogP contribution in [0.15, 0.2) is 89.7 Å². The van der Waals surface area contributed by atoms with Gasteiger partial charge in [0.15, 0.2) is 0 Å². The minimum absolute atomic E-state index is 0.123. The molecule has 0 heterocycles. The van der Waals surface area contributed by atoms with Crippen molar-refractivity contribution in [3.8, 4) is 5.75 Å². The lowest BCUT2D eigenvalue weighted by atomic mass is 10.2. The van der Waals surface area contributed by atoms with Crippen LogP contribution in [0.5, 0.6) is 5.75 Å². The van der Waals surface area contributed by atoms with Crippen LogP contribution in [0.2, 0.25) is 0 Å². The molecule has 3 rings (SSSR count). The maximum atomic E-state index is 12.4. The van der Waals surface area contributed by atoms with E-state index in [-0.39, 0.29) is 11.4 Å². The smallest absolute Gasteiger partial charge is 0.343 e. The molecule has 0 aromatic heterocycles. The number of hydrogen-bond donors (Lipinski definition) is 1. The molecule has 3 aromatic carbocycles. The summed E-state index contributed by atoms with van der Waals surface area (Å²) in [5, 5.41) is 2.63. The van der Waals surface area contributed by atoms with Crippen LogP contribution in [0.25, 0.3) is 0 Å². The fourth-order valence-electron chi connectivity index (χ4n) is 2.29. The molecule has 1 amide bonds. The average Bonchev–Trinajstić information content (AvgIpc) is 2.85. The number of amides is 1. The summed E-state index contributed by atoms with van der Waals surface area (Å²) in [6.45, 7) is 0. The molecule has 0 bridgehead atoms. The molecule has 0 aliphatic heterocycles. The van der Waals surface area contributed by atoms with Gasteiger partial charge in [-0.05, 0) is 36.4 Å². The van der Waals surface area contributed by atoms with Gasteiger partial charge in [0, 0.05) is 5.56 Å². The molecule has 0 aliphatic carbocycles. The zero-order chi connectivity index (χ0) is 18.4. The second kappa shape index (κ2) is 7.90. The van der Waals surface area contributed by atoms with Crippen molar-refractivity contribution in [1.29, 1.82) is 0 Å². The number of esters is 1. The van der Waals surface area contributed by atoms with Gasteiger partial charge in [0.1, 0.15) is 0 Å². The van der Waals surface area contributed by atoms with Crippen LogP contribution in [-0.2, 0) is 0 Å². The summed E-state index contributed by atoms with van der Waals surface area (Å²) >= 11 is 0. The molecule has 0 unspecified atom stereocenters. The first kappa shape index (κ1) is 17.1. The fraction of sp³-hybridized carbons (Fsp3) is 0. The molecule has 0 saturated carbocycles. The van der Waals surface area contributed by atoms with E-state index in [2.05, 4.69) is 5.32 Å². The number of anilines is 1. The number of benzene rings is 2. The number of carbonyl (C=O) groups is 2. The number of carbonyl (C=O) groups excluding carboxylic acids is 2.